The second-order valence-electron chi connectivity index (χ2n) is 1.23. The minimum atomic E-state index is 0.0671. The van der Waals surface area contributed by atoms with Crippen LogP contribution in [-0.2, 0) is 0 Å². The summed E-state index contributed by atoms with van der Waals surface area (Å²) >= 11 is 0. The van der Waals surface area contributed by atoms with E-state index in [-0.39, 0.29) is 11.6 Å². The van der Waals surface area contributed by atoms with Gasteiger partial charge in [0.25, 0.3) is 5.88 Å². The van der Waals surface area contributed by atoms with E-state index < -0.39 is 0 Å². The first-order valence-electron chi connectivity index (χ1n) is 2.15. The number of methoxy groups -OCH3 is 1. The van der Waals surface area contributed by atoms with E-state index >= 15 is 0 Å². The molecule has 0 atom stereocenters. The average Bonchev–Trinajstić information content (AvgIpc) is 2.33. The second kappa shape index (κ2) is 2.13. The molecule has 0 radical (unpaired) electrons. The molecule has 0 unspecified atom stereocenters. The van der Waals surface area contributed by atoms with E-state index in [4.69, 9.17) is 5.26 Å². The van der Waals surface area contributed by atoms with E-state index in [1.807, 2.05) is 0 Å². The van der Waals surface area contributed by atoms with Gasteiger partial charge in [0.1, 0.15) is 6.07 Å². The van der Waals surface area contributed by atoms with E-state index in [9.17, 15) is 0 Å². The van der Waals surface area contributed by atoms with Crippen LogP contribution in [0.15, 0.2) is 4.63 Å². The van der Waals surface area contributed by atoms with Crippen molar-refractivity contribution in [3.63, 3.8) is 0 Å². The van der Waals surface area contributed by atoms with Gasteiger partial charge < -0.3 is 4.74 Å². The zero-order chi connectivity index (χ0) is 6.69. The van der Waals surface area contributed by atoms with E-state index in [1.54, 1.807) is 6.07 Å². The van der Waals surface area contributed by atoms with Crippen molar-refractivity contribution in [2.45, 2.75) is 0 Å². The summed E-state index contributed by atoms with van der Waals surface area (Å²) < 4.78 is 8.77. The van der Waals surface area contributed by atoms with Gasteiger partial charge in [-0.1, -0.05) is 0 Å². The molecular formula is C4H3N3O2. The van der Waals surface area contributed by atoms with Gasteiger partial charge in [0.15, 0.2) is 0 Å². The maximum Gasteiger partial charge on any atom is 0.294 e. The van der Waals surface area contributed by atoms with Crippen LogP contribution in [0.5, 0.6) is 5.88 Å². The highest BCUT2D eigenvalue weighted by Gasteiger charge is 2.06. The largest absolute Gasteiger partial charge is 0.477 e. The summed E-state index contributed by atoms with van der Waals surface area (Å²) in [4.78, 5) is 0. The molecule has 0 aliphatic carbocycles. The maximum absolute atomic E-state index is 8.25. The lowest BCUT2D eigenvalue weighted by Crippen LogP contribution is -1.84. The van der Waals surface area contributed by atoms with Crippen LogP contribution in [0.1, 0.15) is 5.69 Å². The second-order valence-corrected chi connectivity index (χ2v) is 1.23. The smallest absolute Gasteiger partial charge is 0.294 e. The van der Waals surface area contributed by atoms with Gasteiger partial charge in [0.05, 0.1) is 7.11 Å². The Labute approximate surface area is 50.8 Å². The van der Waals surface area contributed by atoms with Crippen LogP contribution in [-0.4, -0.2) is 17.4 Å². The topological polar surface area (TPSA) is 71.9 Å². The van der Waals surface area contributed by atoms with Gasteiger partial charge in [-0.15, -0.1) is 0 Å². The van der Waals surface area contributed by atoms with Crippen LogP contribution in [0.2, 0.25) is 0 Å². The molecule has 0 amide bonds. The van der Waals surface area contributed by atoms with Crippen molar-refractivity contribution in [3.8, 4) is 11.9 Å². The molecule has 0 aromatic carbocycles. The quantitative estimate of drug-likeness (QED) is 0.526. The van der Waals surface area contributed by atoms with Crippen molar-refractivity contribution < 1.29 is 9.37 Å². The molecule has 5 nitrogen and oxygen atoms in total. The first kappa shape index (κ1) is 5.56. The van der Waals surface area contributed by atoms with Crippen LogP contribution in [0.25, 0.3) is 0 Å². The average molecular weight is 125 g/mol. The van der Waals surface area contributed by atoms with Crippen LogP contribution in [0, 0.1) is 11.3 Å². The number of ether oxygens (including phenoxy) is 1. The van der Waals surface area contributed by atoms with Crippen molar-refractivity contribution in [2.75, 3.05) is 7.11 Å². The Morgan fingerprint density at radius 2 is 2.44 bits per heavy atom. The fourth-order valence-electron chi connectivity index (χ4n) is 0.383. The van der Waals surface area contributed by atoms with Gasteiger partial charge in [-0.3, -0.25) is 0 Å². The Morgan fingerprint density at radius 1 is 1.67 bits per heavy atom. The molecule has 9 heavy (non-hydrogen) atoms. The molecule has 0 fully saturated rings. The summed E-state index contributed by atoms with van der Waals surface area (Å²) in [6.45, 7) is 0. The summed E-state index contributed by atoms with van der Waals surface area (Å²) in [5, 5.41) is 14.8. The molecule has 0 saturated heterocycles. The highest BCUT2D eigenvalue weighted by molar-refractivity contribution is 5.27. The third-order valence-electron chi connectivity index (χ3n) is 0.758. The molecule has 1 aromatic rings. The third kappa shape index (κ3) is 0.817. The highest BCUT2D eigenvalue weighted by atomic mass is 16.6. The lowest BCUT2D eigenvalue weighted by atomic mass is 10.5. The zero-order valence-electron chi connectivity index (χ0n) is 4.66. The highest BCUT2D eigenvalue weighted by Crippen LogP contribution is 2.08. The van der Waals surface area contributed by atoms with Gasteiger partial charge in [-0.25, -0.2) is 4.63 Å². The molecule has 0 aliphatic rings. The fourth-order valence-corrected chi connectivity index (χ4v) is 0.383. The van der Waals surface area contributed by atoms with Crippen LogP contribution >= 0.6 is 0 Å². The molecule has 0 saturated carbocycles. The summed E-state index contributed by atoms with van der Waals surface area (Å²) in [6, 6.07) is 1.73. The van der Waals surface area contributed by atoms with Gasteiger partial charge >= 0.3 is 0 Å². The normalized spacial score (nSPS) is 8.44. The van der Waals surface area contributed by atoms with Crippen LogP contribution in [0.3, 0.4) is 0 Å². The minimum Gasteiger partial charge on any atom is -0.477 e. The molecular weight excluding hydrogens is 122 g/mol. The molecule has 1 rings (SSSR count). The third-order valence-corrected chi connectivity index (χ3v) is 0.758. The van der Waals surface area contributed by atoms with E-state index in [1.165, 1.54) is 7.11 Å². The SMILES string of the molecule is COc1nonc1C#N. The van der Waals surface area contributed by atoms with Crippen LogP contribution in [0.4, 0.5) is 0 Å². The first-order valence-corrected chi connectivity index (χ1v) is 2.15. The van der Waals surface area contributed by atoms with Gasteiger partial charge in [0, 0.05) is 0 Å². The molecule has 0 aliphatic heterocycles. The predicted octanol–water partition coefficient (Wildman–Crippen LogP) is -0.0501. The summed E-state index contributed by atoms with van der Waals surface area (Å²) in [6.07, 6.45) is 0. The molecule has 0 N–H and O–H groups in total. The Morgan fingerprint density at radius 3 is 2.89 bits per heavy atom. The van der Waals surface area contributed by atoms with Crippen molar-refractivity contribution in [1.29, 1.82) is 5.26 Å². The summed E-state index contributed by atoms with van der Waals surface area (Å²) in [5.74, 6) is 0.123. The van der Waals surface area contributed by atoms with Crippen molar-refractivity contribution in [2.24, 2.45) is 0 Å². The van der Waals surface area contributed by atoms with Crippen molar-refractivity contribution in [3.05, 3.63) is 5.69 Å². The zero-order valence-corrected chi connectivity index (χ0v) is 4.66. The molecule has 46 valence electrons. The Hall–Kier alpha value is -1.57. The van der Waals surface area contributed by atoms with Gasteiger partial charge in [-0.05, 0) is 10.3 Å². The number of nitrogens with zero attached hydrogens (tertiary/aromatic N) is 3. The summed E-state index contributed by atoms with van der Waals surface area (Å²) in [5.41, 5.74) is 0.0671. The minimum absolute atomic E-state index is 0.0671. The Bertz CT molecular complexity index is 236. The standard InChI is InChI=1S/C4H3N3O2/c1-8-4-3(2-5)6-9-7-4/h1H3. The Kier molecular flexibility index (Phi) is 1.32. The fraction of sp³-hybridized carbons (Fsp3) is 0.250. The number of aromatic nitrogens is 2. The molecule has 1 heterocycles. The lowest BCUT2D eigenvalue weighted by Gasteiger charge is -1.84. The number of hydrogen-bond acceptors (Lipinski definition) is 5. The van der Waals surface area contributed by atoms with Crippen LogP contribution < -0.4 is 4.74 Å². The van der Waals surface area contributed by atoms with E-state index in [0.29, 0.717) is 0 Å². The van der Waals surface area contributed by atoms with E-state index in [0.717, 1.165) is 0 Å². The molecule has 5 heteroatoms. The van der Waals surface area contributed by atoms with Gasteiger partial charge in [-0.2, -0.15) is 5.26 Å². The first-order chi connectivity index (χ1) is 4.38. The van der Waals surface area contributed by atoms with E-state index in [2.05, 4.69) is 19.7 Å². The van der Waals surface area contributed by atoms with Gasteiger partial charge in [0.2, 0.25) is 5.69 Å². The molecule has 0 spiro atoms. The van der Waals surface area contributed by atoms with Crippen molar-refractivity contribution >= 4 is 0 Å². The summed E-state index contributed by atoms with van der Waals surface area (Å²) in [7, 11) is 1.39. The number of nitriles is 1. The number of rotatable bonds is 1. The Balaban J connectivity index is 3.02. The predicted molar refractivity (Wildman–Crippen MR) is 25.6 cm³/mol. The molecule has 1 aromatic heterocycles. The monoisotopic (exact) mass is 125 g/mol. The maximum atomic E-state index is 8.25. The lowest BCUT2D eigenvalue weighted by molar-refractivity contribution is 0.281. The number of hydrogen-bond donors (Lipinski definition) is 0. The molecule has 0 bridgehead atoms. The van der Waals surface area contributed by atoms with Crippen molar-refractivity contribution in [1.82, 2.24) is 10.3 Å².